The van der Waals surface area contributed by atoms with Crippen molar-refractivity contribution in [3.63, 3.8) is 0 Å². The maximum atomic E-state index is 13.7. The second-order valence-corrected chi connectivity index (χ2v) is 11.9. The number of nitrogens with two attached hydrogens (primary N) is 1. The predicted molar refractivity (Wildman–Crippen MR) is 140 cm³/mol. The van der Waals surface area contributed by atoms with E-state index in [1.54, 1.807) is 37.5 Å². The van der Waals surface area contributed by atoms with Crippen LogP contribution in [0.15, 0.2) is 55.1 Å². The minimum atomic E-state index is -3.93. The zero-order valence-electron chi connectivity index (χ0n) is 21.4. The predicted octanol–water partition coefficient (Wildman–Crippen LogP) is 4.30. The molecule has 11 nitrogen and oxygen atoms in total. The molecular weight excluding hydrogens is 495 g/mol. The number of para-hydroxylation sites is 1. The highest BCUT2D eigenvalue weighted by atomic mass is 31.2. The summed E-state index contributed by atoms with van der Waals surface area (Å²) < 4.78 is 32.6. The Balaban J connectivity index is 1.42. The zero-order chi connectivity index (χ0) is 26.6. The van der Waals surface area contributed by atoms with E-state index in [2.05, 4.69) is 20.0 Å². The molecular formula is C25H33N6O5P. The van der Waals surface area contributed by atoms with E-state index in [-0.39, 0.29) is 30.6 Å². The van der Waals surface area contributed by atoms with Gasteiger partial charge in [0.25, 0.3) is 0 Å². The molecule has 12 heteroatoms. The van der Waals surface area contributed by atoms with Crippen molar-refractivity contribution in [3.8, 4) is 5.75 Å². The number of ether oxygens (including phenoxy) is 1. The van der Waals surface area contributed by atoms with Crippen LogP contribution in [0.5, 0.6) is 5.75 Å². The quantitative estimate of drug-likeness (QED) is 0.222. The van der Waals surface area contributed by atoms with Gasteiger partial charge in [-0.25, -0.2) is 19.5 Å². The SMILES string of the molecule is C[C@H](NP(=O)(OC[C@H]1C=C[C@@H](n2cnc3c(N)ncnc32)C1)Oc1ccccc1)C(=O)OCC(C)(C)C. The summed E-state index contributed by atoms with van der Waals surface area (Å²) in [6, 6.07) is 7.74. The lowest BCUT2D eigenvalue weighted by atomic mass is 9.99. The number of esters is 1. The number of carbonyl (C=O) groups excluding carboxylic acids is 1. The molecule has 0 radical (unpaired) electrons. The molecule has 0 saturated carbocycles. The van der Waals surface area contributed by atoms with Crippen LogP contribution in [0.4, 0.5) is 5.82 Å². The van der Waals surface area contributed by atoms with E-state index in [1.165, 1.54) is 6.33 Å². The molecule has 4 rings (SSSR count). The molecule has 1 unspecified atom stereocenters. The molecule has 0 aliphatic heterocycles. The van der Waals surface area contributed by atoms with Crippen LogP contribution < -0.4 is 15.3 Å². The van der Waals surface area contributed by atoms with Gasteiger partial charge >= 0.3 is 13.7 Å². The van der Waals surface area contributed by atoms with Crippen molar-refractivity contribution in [1.82, 2.24) is 24.6 Å². The fourth-order valence-electron chi connectivity index (χ4n) is 3.80. The number of aromatic nitrogens is 4. The third kappa shape index (κ3) is 6.94. The van der Waals surface area contributed by atoms with Gasteiger partial charge in [-0.3, -0.25) is 9.32 Å². The van der Waals surface area contributed by atoms with E-state index >= 15 is 0 Å². The molecule has 2 aromatic heterocycles. The first-order valence-electron chi connectivity index (χ1n) is 12.1. The molecule has 0 saturated heterocycles. The van der Waals surface area contributed by atoms with Gasteiger partial charge in [-0.1, -0.05) is 51.1 Å². The molecule has 0 spiro atoms. The molecule has 4 atom stereocenters. The largest absolute Gasteiger partial charge is 0.464 e. The number of nitrogens with zero attached hydrogens (tertiary/aromatic N) is 4. The number of anilines is 1. The Morgan fingerprint density at radius 1 is 1.22 bits per heavy atom. The molecule has 37 heavy (non-hydrogen) atoms. The highest BCUT2D eigenvalue weighted by Crippen LogP contribution is 2.46. The third-order valence-electron chi connectivity index (χ3n) is 5.67. The summed E-state index contributed by atoms with van der Waals surface area (Å²) in [4.78, 5) is 25.1. The smallest absolute Gasteiger partial charge is 0.459 e. The summed E-state index contributed by atoms with van der Waals surface area (Å²) in [5.74, 6) is 0.0881. The van der Waals surface area contributed by atoms with Crippen LogP contribution in [-0.4, -0.2) is 44.7 Å². The summed E-state index contributed by atoms with van der Waals surface area (Å²) in [6.45, 7) is 7.79. The summed E-state index contributed by atoms with van der Waals surface area (Å²) >= 11 is 0. The number of hydrogen-bond acceptors (Lipinski definition) is 9. The van der Waals surface area contributed by atoms with Crippen LogP contribution in [0, 0.1) is 11.3 Å². The van der Waals surface area contributed by atoms with E-state index in [0.29, 0.717) is 29.2 Å². The van der Waals surface area contributed by atoms with Gasteiger partial charge < -0.3 is 19.6 Å². The van der Waals surface area contributed by atoms with Crippen molar-refractivity contribution in [2.24, 2.45) is 11.3 Å². The Labute approximate surface area is 216 Å². The van der Waals surface area contributed by atoms with E-state index in [1.807, 2.05) is 43.6 Å². The second kappa shape index (κ2) is 11.0. The van der Waals surface area contributed by atoms with Crippen LogP contribution in [0.25, 0.3) is 11.2 Å². The number of carbonyl (C=O) groups is 1. The molecule has 1 aromatic carbocycles. The van der Waals surface area contributed by atoms with Crippen molar-refractivity contribution in [1.29, 1.82) is 0 Å². The fraction of sp³-hybridized carbons (Fsp3) is 0.440. The van der Waals surface area contributed by atoms with Crippen molar-refractivity contribution in [3.05, 3.63) is 55.1 Å². The number of rotatable bonds is 10. The van der Waals surface area contributed by atoms with Gasteiger partial charge in [0, 0.05) is 5.92 Å². The van der Waals surface area contributed by atoms with E-state index in [4.69, 9.17) is 19.5 Å². The Morgan fingerprint density at radius 3 is 2.70 bits per heavy atom. The lowest BCUT2D eigenvalue weighted by Gasteiger charge is -2.25. The summed E-state index contributed by atoms with van der Waals surface area (Å²) in [6.07, 6.45) is 7.78. The maximum Gasteiger partial charge on any atom is 0.459 e. The molecule has 0 amide bonds. The Morgan fingerprint density at radius 2 is 1.97 bits per heavy atom. The first-order valence-corrected chi connectivity index (χ1v) is 13.6. The normalized spacial score (nSPS) is 20.0. The van der Waals surface area contributed by atoms with Crippen molar-refractivity contribution < 1.29 is 23.1 Å². The third-order valence-corrected chi connectivity index (χ3v) is 7.32. The van der Waals surface area contributed by atoms with E-state index in [0.717, 1.165) is 0 Å². The van der Waals surface area contributed by atoms with Gasteiger partial charge in [0.05, 0.1) is 25.6 Å². The number of hydrogen-bond donors (Lipinski definition) is 2. The Hall–Kier alpha value is -3.27. The topological polar surface area (TPSA) is 143 Å². The number of imidazole rings is 1. The Kier molecular flexibility index (Phi) is 7.96. The minimum absolute atomic E-state index is 0.0263. The van der Waals surface area contributed by atoms with Gasteiger partial charge in [0.15, 0.2) is 11.5 Å². The first-order chi connectivity index (χ1) is 17.5. The number of nitrogens with one attached hydrogen (secondary N) is 1. The number of allylic oxidation sites excluding steroid dienone is 1. The minimum Gasteiger partial charge on any atom is -0.464 e. The molecule has 0 bridgehead atoms. The van der Waals surface area contributed by atoms with Gasteiger partial charge in [-0.05, 0) is 30.9 Å². The van der Waals surface area contributed by atoms with Gasteiger partial charge in [0.2, 0.25) is 0 Å². The molecule has 198 valence electrons. The zero-order valence-corrected chi connectivity index (χ0v) is 22.3. The van der Waals surface area contributed by atoms with Gasteiger partial charge in [0.1, 0.15) is 23.6 Å². The first kappa shape index (κ1) is 26.8. The lowest BCUT2D eigenvalue weighted by Crippen LogP contribution is -2.36. The fourth-order valence-corrected chi connectivity index (χ4v) is 5.35. The molecule has 1 aliphatic carbocycles. The number of benzene rings is 1. The second-order valence-electron chi connectivity index (χ2n) is 10.2. The number of fused-ring (bicyclic) bond motifs is 1. The average Bonchev–Trinajstić information content (AvgIpc) is 3.49. The van der Waals surface area contributed by atoms with E-state index in [9.17, 15) is 9.36 Å². The van der Waals surface area contributed by atoms with Crippen molar-refractivity contribution >= 4 is 30.7 Å². The highest BCUT2D eigenvalue weighted by molar-refractivity contribution is 7.52. The maximum absolute atomic E-state index is 13.7. The average molecular weight is 529 g/mol. The van der Waals surface area contributed by atoms with Crippen LogP contribution in [-0.2, 0) is 18.6 Å². The molecule has 1 aliphatic rings. The molecule has 3 aromatic rings. The van der Waals surface area contributed by atoms with Crippen molar-refractivity contribution in [2.45, 2.75) is 46.2 Å². The molecule has 3 N–H and O–H groups in total. The standard InChI is InChI=1S/C25H33N6O5P/c1-17(24(32)34-14-25(2,3)4)30-37(33,36-20-8-6-5-7-9-20)35-13-18-10-11-19(12-18)31-16-29-21-22(26)27-15-28-23(21)31/h5-11,15-19H,12-14H2,1-4H3,(H,30,33)(H2,26,27,28)/t17-,18-,19+,37?/m0/s1. The monoisotopic (exact) mass is 528 g/mol. The van der Waals surface area contributed by atoms with Crippen LogP contribution in [0.3, 0.4) is 0 Å². The van der Waals surface area contributed by atoms with Gasteiger partial charge in [-0.2, -0.15) is 5.09 Å². The molecule has 2 heterocycles. The van der Waals surface area contributed by atoms with Crippen LogP contribution in [0.2, 0.25) is 0 Å². The Bertz CT molecular complexity index is 1310. The van der Waals surface area contributed by atoms with Crippen LogP contribution >= 0.6 is 7.75 Å². The van der Waals surface area contributed by atoms with E-state index < -0.39 is 19.8 Å². The summed E-state index contributed by atoms with van der Waals surface area (Å²) in [5.41, 5.74) is 6.90. The van der Waals surface area contributed by atoms with Gasteiger partial charge in [-0.15, -0.1) is 0 Å². The van der Waals surface area contributed by atoms with Crippen molar-refractivity contribution in [2.75, 3.05) is 18.9 Å². The number of nitrogen functional groups attached to an aromatic ring is 1. The summed E-state index contributed by atoms with van der Waals surface area (Å²) in [5, 5.41) is 2.74. The highest BCUT2D eigenvalue weighted by Gasteiger charge is 2.34. The lowest BCUT2D eigenvalue weighted by molar-refractivity contribution is -0.148. The van der Waals surface area contributed by atoms with Crippen LogP contribution in [0.1, 0.15) is 40.2 Å². The summed E-state index contributed by atoms with van der Waals surface area (Å²) in [7, 11) is -3.93. The molecule has 0 fully saturated rings.